The lowest BCUT2D eigenvalue weighted by molar-refractivity contribution is -0.114. The second-order valence-electron chi connectivity index (χ2n) is 6.56. The summed E-state index contributed by atoms with van der Waals surface area (Å²) in [4.78, 5) is 16.8. The molecule has 2 aromatic carbocycles. The predicted octanol–water partition coefficient (Wildman–Crippen LogP) is 4.33. The molecule has 1 aliphatic heterocycles. The summed E-state index contributed by atoms with van der Waals surface area (Å²) in [7, 11) is 0. The first-order chi connectivity index (χ1) is 12.3. The van der Waals surface area contributed by atoms with E-state index < -0.39 is 0 Å². The minimum Gasteiger partial charge on any atom is -0.306 e. The van der Waals surface area contributed by atoms with Crippen molar-refractivity contribution < 1.29 is 4.79 Å². The maximum Gasteiger partial charge on any atom is 0.250 e. The van der Waals surface area contributed by atoms with Gasteiger partial charge in [0, 0.05) is 31.4 Å². The van der Waals surface area contributed by atoms with Crippen LogP contribution in [-0.2, 0) is 11.2 Å². The number of carbonyl (C=O) groups is 1. The Balaban J connectivity index is 0.00000243. The molecule has 0 aliphatic carbocycles. The molecule has 0 saturated carbocycles. The predicted molar refractivity (Wildman–Crippen MR) is 111 cm³/mol. The van der Waals surface area contributed by atoms with Crippen LogP contribution in [0.3, 0.4) is 0 Å². The van der Waals surface area contributed by atoms with Gasteiger partial charge in [0.05, 0.1) is 0 Å². The third kappa shape index (κ3) is 5.20. The van der Waals surface area contributed by atoms with Crippen molar-refractivity contribution in [2.45, 2.75) is 25.3 Å². The normalized spacial score (nSPS) is 15.1. The van der Waals surface area contributed by atoms with Crippen LogP contribution in [0.2, 0.25) is 0 Å². The summed E-state index contributed by atoms with van der Waals surface area (Å²) in [5.74, 6) is -0.00562. The topological polar surface area (TPSA) is 23.6 Å². The van der Waals surface area contributed by atoms with Gasteiger partial charge in [0.25, 0.3) is 5.91 Å². The fraction of sp³-hybridized carbons (Fsp3) is 0.318. The summed E-state index contributed by atoms with van der Waals surface area (Å²) in [6.07, 6.45) is 4.51. The maximum absolute atomic E-state index is 12.4. The molecule has 1 fully saturated rings. The van der Waals surface area contributed by atoms with Crippen molar-refractivity contribution in [2.75, 3.05) is 24.5 Å². The number of hydrogen-bond donors (Lipinski definition) is 0. The highest BCUT2D eigenvalue weighted by atomic mass is 35.5. The molecule has 3 nitrogen and oxygen atoms in total. The molecule has 3 rings (SSSR count). The van der Waals surface area contributed by atoms with E-state index in [0.29, 0.717) is 0 Å². The lowest BCUT2D eigenvalue weighted by atomic mass is 10.0. The van der Waals surface area contributed by atoms with E-state index in [-0.39, 0.29) is 24.4 Å². The second-order valence-corrected chi connectivity index (χ2v) is 6.56. The van der Waals surface area contributed by atoms with Crippen LogP contribution in [0.4, 0.5) is 5.69 Å². The van der Waals surface area contributed by atoms with Gasteiger partial charge in [-0.1, -0.05) is 55.1 Å². The summed E-state index contributed by atoms with van der Waals surface area (Å²) in [6, 6.07) is 20.8. The highest BCUT2D eigenvalue weighted by Gasteiger charge is 2.27. The average Bonchev–Trinajstić information content (AvgIpc) is 2.69. The van der Waals surface area contributed by atoms with Crippen molar-refractivity contribution in [1.82, 2.24) is 4.90 Å². The summed E-state index contributed by atoms with van der Waals surface area (Å²) in [5.41, 5.74) is 2.35. The SMILES string of the molecule is C=CC(=O)N(c1ccccc1)C1CCN(CCc2ccccc2)CC1.Cl. The number of nitrogens with zero attached hydrogens (tertiary/aromatic N) is 2. The van der Waals surface area contributed by atoms with Gasteiger partial charge in [-0.05, 0) is 43.0 Å². The molecule has 1 aliphatic rings. The molecule has 1 heterocycles. The Bertz CT molecular complexity index is 682. The van der Waals surface area contributed by atoms with Gasteiger partial charge < -0.3 is 9.80 Å². The summed E-state index contributed by atoms with van der Waals surface area (Å²) < 4.78 is 0. The lowest BCUT2D eigenvalue weighted by Gasteiger charge is -2.38. The average molecular weight is 371 g/mol. The number of likely N-dealkylation sites (tertiary alicyclic amines) is 1. The molecule has 4 heteroatoms. The Morgan fingerprint density at radius 1 is 1.04 bits per heavy atom. The quantitative estimate of drug-likeness (QED) is 0.706. The van der Waals surface area contributed by atoms with Crippen molar-refractivity contribution in [1.29, 1.82) is 0 Å². The Hall–Kier alpha value is -2.10. The Morgan fingerprint density at radius 3 is 2.19 bits per heavy atom. The number of halogens is 1. The van der Waals surface area contributed by atoms with Crippen LogP contribution in [0.5, 0.6) is 0 Å². The zero-order chi connectivity index (χ0) is 17.5. The van der Waals surface area contributed by atoms with Crippen LogP contribution in [0.15, 0.2) is 73.3 Å². The number of piperidine rings is 1. The van der Waals surface area contributed by atoms with E-state index in [1.807, 2.05) is 35.2 Å². The first-order valence-corrected chi connectivity index (χ1v) is 9.05. The van der Waals surface area contributed by atoms with Crippen molar-refractivity contribution >= 4 is 24.0 Å². The number of amides is 1. The molecular weight excluding hydrogens is 344 g/mol. The maximum atomic E-state index is 12.4. The summed E-state index contributed by atoms with van der Waals surface area (Å²) in [6.45, 7) is 6.83. The van der Waals surface area contributed by atoms with Crippen LogP contribution in [0, 0.1) is 0 Å². The van der Waals surface area contributed by atoms with Crippen molar-refractivity contribution in [3.05, 3.63) is 78.9 Å². The van der Waals surface area contributed by atoms with Crippen LogP contribution in [0.1, 0.15) is 18.4 Å². The highest BCUT2D eigenvalue weighted by Crippen LogP contribution is 2.24. The minimum atomic E-state index is -0.00562. The van der Waals surface area contributed by atoms with Crippen LogP contribution < -0.4 is 4.90 Å². The number of hydrogen-bond acceptors (Lipinski definition) is 2. The van der Waals surface area contributed by atoms with Gasteiger partial charge in [0.1, 0.15) is 0 Å². The highest BCUT2D eigenvalue weighted by molar-refractivity contribution is 6.01. The van der Waals surface area contributed by atoms with Gasteiger partial charge >= 0.3 is 0 Å². The number of carbonyl (C=O) groups excluding carboxylic acids is 1. The van der Waals surface area contributed by atoms with Crippen molar-refractivity contribution in [3.8, 4) is 0 Å². The van der Waals surface area contributed by atoms with Gasteiger partial charge in [-0.3, -0.25) is 4.79 Å². The zero-order valence-corrected chi connectivity index (χ0v) is 15.9. The van der Waals surface area contributed by atoms with Gasteiger partial charge in [-0.25, -0.2) is 0 Å². The molecule has 1 saturated heterocycles. The molecular formula is C22H27ClN2O. The number of anilines is 1. The molecule has 26 heavy (non-hydrogen) atoms. The van der Waals surface area contributed by atoms with Gasteiger partial charge in [-0.2, -0.15) is 0 Å². The molecule has 0 spiro atoms. The van der Waals surface area contributed by atoms with Crippen LogP contribution in [0.25, 0.3) is 0 Å². The monoisotopic (exact) mass is 370 g/mol. The molecule has 2 aromatic rings. The first kappa shape index (κ1) is 20.2. The second kappa shape index (κ2) is 10.1. The molecule has 0 bridgehead atoms. The van der Waals surface area contributed by atoms with E-state index in [9.17, 15) is 4.79 Å². The fourth-order valence-corrected chi connectivity index (χ4v) is 3.54. The molecule has 0 N–H and O–H groups in total. The molecule has 138 valence electrons. The van der Waals surface area contributed by atoms with E-state index in [1.54, 1.807) is 0 Å². The Morgan fingerprint density at radius 2 is 1.62 bits per heavy atom. The first-order valence-electron chi connectivity index (χ1n) is 9.05. The van der Waals surface area contributed by atoms with E-state index >= 15 is 0 Å². The minimum absolute atomic E-state index is 0. The van der Waals surface area contributed by atoms with Gasteiger partial charge in [0.15, 0.2) is 0 Å². The number of benzene rings is 2. The molecule has 0 atom stereocenters. The number of rotatable bonds is 6. The Labute approximate surface area is 162 Å². The summed E-state index contributed by atoms with van der Waals surface area (Å²) in [5, 5.41) is 0. The molecule has 0 aromatic heterocycles. The van der Waals surface area contributed by atoms with Crippen molar-refractivity contribution in [3.63, 3.8) is 0 Å². The van der Waals surface area contributed by atoms with E-state index in [4.69, 9.17) is 0 Å². The number of para-hydroxylation sites is 1. The Kier molecular flexibility index (Phi) is 7.89. The fourth-order valence-electron chi connectivity index (χ4n) is 3.54. The third-order valence-corrected chi connectivity index (χ3v) is 4.93. The summed E-state index contributed by atoms with van der Waals surface area (Å²) >= 11 is 0. The molecule has 0 radical (unpaired) electrons. The van der Waals surface area contributed by atoms with E-state index in [2.05, 4.69) is 41.8 Å². The molecule has 0 unspecified atom stereocenters. The van der Waals surface area contributed by atoms with Crippen LogP contribution >= 0.6 is 12.4 Å². The van der Waals surface area contributed by atoms with Gasteiger partial charge in [0.2, 0.25) is 0 Å². The van der Waals surface area contributed by atoms with E-state index in [0.717, 1.165) is 44.6 Å². The van der Waals surface area contributed by atoms with E-state index in [1.165, 1.54) is 11.6 Å². The largest absolute Gasteiger partial charge is 0.306 e. The lowest BCUT2D eigenvalue weighted by Crippen LogP contribution is -2.47. The smallest absolute Gasteiger partial charge is 0.250 e. The van der Waals surface area contributed by atoms with Crippen molar-refractivity contribution in [2.24, 2.45) is 0 Å². The third-order valence-electron chi connectivity index (χ3n) is 4.93. The van der Waals surface area contributed by atoms with Crippen LogP contribution in [-0.4, -0.2) is 36.5 Å². The standard InChI is InChI=1S/C22H26N2O.ClH/c1-2-22(25)24(20-11-7-4-8-12-20)21-14-17-23(18-15-21)16-13-19-9-5-3-6-10-19;/h2-12,21H,1,13-18H2;1H. The zero-order valence-electron chi connectivity index (χ0n) is 15.1. The molecule has 1 amide bonds. The van der Waals surface area contributed by atoms with Gasteiger partial charge in [-0.15, -0.1) is 12.4 Å².